The first kappa shape index (κ1) is 18.5. The third kappa shape index (κ3) is 2.45. The summed E-state index contributed by atoms with van der Waals surface area (Å²) in [6, 6.07) is 5.46. The summed E-state index contributed by atoms with van der Waals surface area (Å²) < 4.78 is 5.40. The number of methoxy groups -OCH3 is 1. The van der Waals surface area contributed by atoms with Crippen molar-refractivity contribution in [3.05, 3.63) is 75.9 Å². The number of phenolic OH excluding ortho intramolecular Hbond substituents is 1. The van der Waals surface area contributed by atoms with Crippen LogP contribution in [0.4, 0.5) is 0 Å². The van der Waals surface area contributed by atoms with Crippen molar-refractivity contribution in [3.8, 4) is 11.5 Å². The third-order valence-electron chi connectivity index (χ3n) is 6.27. The van der Waals surface area contributed by atoms with Gasteiger partial charge in [-0.05, 0) is 77.1 Å². The molecule has 0 saturated heterocycles. The van der Waals surface area contributed by atoms with Crippen molar-refractivity contribution in [1.29, 1.82) is 0 Å². The number of hydrogen-bond acceptors (Lipinski definition) is 4. The van der Waals surface area contributed by atoms with Crippen LogP contribution in [0.25, 0.3) is 5.57 Å². The summed E-state index contributed by atoms with van der Waals surface area (Å²) in [4.78, 5) is 13.4. The Bertz CT molecular complexity index is 1050. The number of carbonyl (C=O) groups is 1. The fraction of sp³-hybridized carbons (Fsp3) is 0.292. The van der Waals surface area contributed by atoms with Gasteiger partial charge in [0.25, 0.3) is 0 Å². The van der Waals surface area contributed by atoms with Gasteiger partial charge in [-0.3, -0.25) is 4.79 Å². The van der Waals surface area contributed by atoms with E-state index in [2.05, 4.69) is 13.2 Å². The molecule has 0 fully saturated rings. The Morgan fingerprint density at radius 3 is 2.68 bits per heavy atom. The van der Waals surface area contributed by atoms with Crippen LogP contribution in [0.15, 0.2) is 36.9 Å². The molecule has 0 saturated carbocycles. The van der Waals surface area contributed by atoms with E-state index in [1.807, 2.05) is 19.1 Å². The number of carbonyl (C=O) groups excluding carboxylic acids is 1. The zero-order chi connectivity index (χ0) is 20.2. The number of aromatic hydroxyl groups is 1. The summed E-state index contributed by atoms with van der Waals surface area (Å²) in [5.41, 5.74) is 6.64. The standard InChI is InChI=1S/C24H24O4/c1-12(11-25)15-8-9-17-18(10-15)14(3)20-13(2)16-6-5-7-19(28-4)21(16)24(27)22(20)23(17)26/h5-7,15,25-26H,1-2,8-11H2,3-4H3/t15-/m0/s1. The summed E-state index contributed by atoms with van der Waals surface area (Å²) in [7, 11) is 1.54. The van der Waals surface area contributed by atoms with Gasteiger partial charge in [-0.1, -0.05) is 25.3 Å². The van der Waals surface area contributed by atoms with Crippen molar-refractivity contribution in [2.75, 3.05) is 13.7 Å². The summed E-state index contributed by atoms with van der Waals surface area (Å²) in [5, 5.41) is 20.6. The SMILES string of the molecule is C=C1c2cccc(OC)c2C(=O)c2c(O)c3c(c(C)c21)C[C@@H](C(=C)CO)CC3. The maximum atomic E-state index is 13.4. The lowest BCUT2D eigenvalue weighted by Gasteiger charge is -2.32. The predicted molar refractivity (Wildman–Crippen MR) is 109 cm³/mol. The molecule has 4 rings (SSSR count). The highest BCUT2D eigenvalue weighted by atomic mass is 16.5. The highest BCUT2D eigenvalue weighted by molar-refractivity contribution is 6.22. The summed E-state index contributed by atoms with van der Waals surface area (Å²) in [6.45, 7) is 10.2. The molecule has 2 aliphatic carbocycles. The Labute approximate surface area is 164 Å². The molecule has 0 heterocycles. The third-order valence-corrected chi connectivity index (χ3v) is 6.27. The van der Waals surface area contributed by atoms with Gasteiger partial charge in [0, 0.05) is 0 Å². The van der Waals surface area contributed by atoms with E-state index >= 15 is 0 Å². The lowest BCUT2D eigenvalue weighted by atomic mass is 9.72. The predicted octanol–water partition coefficient (Wildman–Crippen LogP) is 3.97. The number of aliphatic hydroxyl groups excluding tert-OH is 1. The number of fused-ring (bicyclic) bond motifs is 3. The second-order valence-electron chi connectivity index (χ2n) is 7.63. The van der Waals surface area contributed by atoms with Gasteiger partial charge in [0.2, 0.25) is 5.78 Å². The highest BCUT2D eigenvalue weighted by Crippen LogP contribution is 2.48. The minimum atomic E-state index is -0.222. The van der Waals surface area contributed by atoms with E-state index < -0.39 is 0 Å². The molecule has 1 atom stereocenters. The smallest absolute Gasteiger partial charge is 0.201 e. The van der Waals surface area contributed by atoms with Crippen LogP contribution in [0.5, 0.6) is 11.5 Å². The topological polar surface area (TPSA) is 66.8 Å². The zero-order valence-corrected chi connectivity index (χ0v) is 16.3. The van der Waals surface area contributed by atoms with Crippen LogP contribution >= 0.6 is 0 Å². The molecular formula is C24H24O4. The molecule has 2 aromatic rings. The van der Waals surface area contributed by atoms with E-state index in [1.165, 1.54) is 7.11 Å². The van der Waals surface area contributed by atoms with Crippen LogP contribution in [0.1, 0.15) is 50.2 Å². The fourth-order valence-electron chi connectivity index (χ4n) is 4.71. The number of hydrogen-bond donors (Lipinski definition) is 2. The maximum Gasteiger partial charge on any atom is 0.201 e. The summed E-state index contributed by atoms with van der Waals surface area (Å²) in [5.74, 6) is 0.503. The van der Waals surface area contributed by atoms with Gasteiger partial charge in [0.15, 0.2) is 0 Å². The Hall–Kier alpha value is -2.85. The van der Waals surface area contributed by atoms with E-state index in [-0.39, 0.29) is 24.1 Å². The van der Waals surface area contributed by atoms with Gasteiger partial charge in [-0.15, -0.1) is 0 Å². The molecule has 2 N–H and O–H groups in total. The Morgan fingerprint density at radius 2 is 2.00 bits per heavy atom. The van der Waals surface area contributed by atoms with Gasteiger partial charge in [-0.2, -0.15) is 0 Å². The average Bonchev–Trinajstić information content (AvgIpc) is 2.72. The van der Waals surface area contributed by atoms with E-state index in [0.29, 0.717) is 29.7 Å². The van der Waals surface area contributed by atoms with E-state index in [4.69, 9.17) is 4.74 Å². The van der Waals surface area contributed by atoms with E-state index in [0.717, 1.165) is 45.4 Å². The van der Waals surface area contributed by atoms with Gasteiger partial charge in [0.1, 0.15) is 11.5 Å². The maximum absolute atomic E-state index is 13.4. The molecule has 144 valence electrons. The van der Waals surface area contributed by atoms with Gasteiger partial charge < -0.3 is 14.9 Å². The number of ether oxygens (including phenoxy) is 1. The number of phenols is 1. The van der Waals surface area contributed by atoms with Gasteiger partial charge in [0.05, 0.1) is 24.8 Å². The van der Waals surface area contributed by atoms with Gasteiger partial charge >= 0.3 is 0 Å². The van der Waals surface area contributed by atoms with Crippen LogP contribution in [0, 0.1) is 12.8 Å². The van der Waals surface area contributed by atoms with Crippen LogP contribution in [0.3, 0.4) is 0 Å². The quantitative estimate of drug-likeness (QED) is 0.679. The van der Waals surface area contributed by atoms with Crippen LogP contribution < -0.4 is 4.74 Å². The van der Waals surface area contributed by atoms with Crippen molar-refractivity contribution < 1.29 is 19.7 Å². The molecule has 4 heteroatoms. The average molecular weight is 376 g/mol. The first-order valence-electron chi connectivity index (χ1n) is 9.47. The molecule has 0 spiro atoms. The molecule has 28 heavy (non-hydrogen) atoms. The van der Waals surface area contributed by atoms with Crippen LogP contribution in [-0.2, 0) is 12.8 Å². The van der Waals surface area contributed by atoms with Crippen molar-refractivity contribution in [1.82, 2.24) is 0 Å². The minimum absolute atomic E-state index is 0.0334. The zero-order valence-electron chi connectivity index (χ0n) is 16.3. The molecule has 0 aliphatic heterocycles. The first-order chi connectivity index (χ1) is 13.4. The van der Waals surface area contributed by atoms with Crippen LogP contribution in [0.2, 0.25) is 0 Å². The molecule has 0 bridgehead atoms. The molecule has 0 radical (unpaired) electrons. The normalized spacial score (nSPS) is 17.6. The molecule has 4 nitrogen and oxygen atoms in total. The van der Waals surface area contributed by atoms with Gasteiger partial charge in [-0.25, -0.2) is 0 Å². The summed E-state index contributed by atoms with van der Waals surface area (Å²) in [6.07, 6.45) is 2.15. The first-order valence-corrected chi connectivity index (χ1v) is 9.47. The number of benzene rings is 2. The minimum Gasteiger partial charge on any atom is -0.507 e. The van der Waals surface area contributed by atoms with Crippen molar-refractivity contribution in [2.45, 2.75) is 26.2 Å². The molecular weight excluding hydrogens is 352 g/mol. The lowest BCUT2D eigenvalue weighted by Crippen LogP contribution is -2.23. The number of ketones is 1. The van der Waals surface area contributed by atoms with Crippen LogP contribution in [-0.4, -0.2) is 29.7 Å². The second-order valence-corrected chi connectivity index (χ2v) is 7.63. The molecule has 2 aromatic carbocycles. The van der Waals surface area contributed by atoms with E-state index in [1.54, 1.807) is 6.07 Å². The lowest BCUT2D eigenvalue weighted by molar-refractivity contribution is 0.103. The fourth-order valence-corrected chi connectivity index (χ4v) is 4.71. The Balaban J connectivity index is 1.95. The summed E-state index contributed by atoms with van der Waals surface area (Å²) >= 11 is 0. The second kappa shape index (κ2) is 6.64. The molecule has 0 unspecified atom stereocenters. The molecule has 0 amide bonds. The van der Waals surface area contributed by atoms with Crippen molar-refractivity contribution >= 4 is 11.4 Å². The Kier molecular flexibility index (Phi) is 4.39. The number of aliphatic hydroxyl groups is 1. The monoisotopic (exact) mass is 376 g/mol. The molecule has 0 aromatic heterocycles. The Morgan fingerprint density at radius 1 is 1.25 bits per heavy atom. The molecule has 2 aliphatic rings. The largest absolute Gasteiger partial charge is 0.507 e. The highest BCUT2D eigenvalue weighted by Gasteiger charge is 2.36. The van der Waals surface area contributed by atoms with Crippen molar-refractivity contribution in [2.24, 2.45) is 5.92 Å². The van der Waals surface area contributed by atoms with Crippen molar-refractivity contribution in [3.63, 3.8) is 0 Å². The number of rotatable bonds is 3. The van der Waals surface area contributed by atoms with E-state index in [9.17, 15) is 15.0 Å².